The van der Waals surface area contributed by atoms with Gasteiger partial charge in [0.2, 0.25) is 0 Å². The van der Waals surface area contributed by atoms with E-state index in [1.54, 1.807) is 23.1 Å². The molecule has 4 atom stereocenters. The third kappa shape index (κ3) is 7.51. The van der Waals surface area contributed by atoms with Crippen LogP contribution in [0.1, 0.15) is 80.1 Å². The largest absolute Gasteiger partial charge is 0.392 e. The minimum absolute atomic E-state index is 0.00600. The van der Waals surface area contributed by atoms with Crippen LogP contribution in [0.25, 0.3) is 21.3 Å². The van der Waals surface area contributed by atoms with Gasteiger partial charge in [-0.25, -0.2) is 9.78 Å². The van der Waals surface area contributed by atoms with E-state index in [9.17, 15) is 9.90 Å². The Bertz CT molecular complexity index is 2000. The van der Waals surface area contributed by atoms with Gasteiger partial charge in [0, 0.05) is 29.3 Å². The number of para-hydroxylation sites is 1. The summed E-state index contributed by atoms with van der Waals surface area (Å²) in [6.07, 6.45) is 6.76. The van der Waals surface area contributed by atoms with Crippen molar-refractivity contribution in [2.45, 2.75) is 87.0 Å². The number of aliphatic hydroxyl groups is 1. The lowest BCUT2D eigenvalue weighted by Gasteiger charge is -2.56. The normalized spacial score (nSPS) is 29.0. The molecule has 1 saturated heterocycles. The standard InChI is InChI=1S/C44H47N3O4S2/c1-27-38(26-52-43-46-37-7-2-3-8-39(37)53-43)50-41(51-40(27)34-11-9-28(25-48)10-12-34)35-15-13-33(14-16-35)36-6-4-5-29(20-36)24-45-42(49)47-44-21-30-17-31(22-44)19-32(18-30)23-44/h2-16,20,27,30-32,38,40-41,48H,17-19,21-26H2,1H3,(H2,45,47,49). The second-order valence-electron chi connectivity index (χ2n) is 15.9. The lowest BCUT2D eigenvalue weighted by atomic mass is 9.53. The third-order valence-electron chi connectivity index (χ3n) is 12.1. The highest BCUT2D eigenvalue weighted by molar-refractivity contribution is 8.01. The highest BCUT2D eigenvalue weighted by Gasteiger charge is 2.51. The monoisotopic (exact) mass is 745 g/mol. The molecule has 4 aromatic carbocycles. The van der Waals surface area contributed by atoms with Crippen LogP contribution < -0.4 is 10.6 Å². The number of nitrogens with one attached hydrogen (secondary N) is 2. The van der Waals surface area contributed by atoms with Gasteiger partial charge in [-0.2, -0.15) is 0 Å². The van der Waals surface area contributed by atoms with E-state index >= 15 is 0 Å². The van der Waals surface area contributed by atoms with Crippen LogP contribution >= 0.6 is 23.1 Å². The maximum absolute atomic E-state index is 13.1. The Labute approximate surface area is 319 Å². The number of urea groups is 1. The van der Waals surface area contributed by atoms with Crippen molar-refractivity contribution in [3.05, 3.63) is 119 Å². The van der Waals surface area contributed by atoms with Crippen LogP contribution in [0.4, 0.5) is 4.79 Å². The van der Waals surface area contributed by atoms with Crippen LogP contribution in [0.5, 0.6) is 0 Å². The van der Waals surface area contributed by atoms with Gasteiger partial charge >= 0.3 is 6.03 Å². The van der Waals surface area contributed by atoms with Crippen LogP contribution in [-0.2, 0) is 22.6 Å². The van der Waals surface area contributed by atoms with Crippen molar-refractivity contribution in [2.75, 3.05) is 5.75 Å². The number of aliphatic hydroxyl groups excluding tert-OH is 1. The Balaban J connectivity index is 0.875. The first-order chi connectivity index (χ1) is 25.9. The van der Waals surface area contributed by atoms with E-state index < -0.39 is 6.29 Å². The molecule has 0 spiro atoms. The number of amides is 2. The molecule has 4 unspecified atom stereocenters. The van der Waals surface area contributed by atoms with E-state index in [2.05, 4.69) is 96.4 Å². The van der Waals surface area contributed by atoms with Crippen LogP contribution in [0, 0.1) is 23.7 Å². The minimum Gasteiger partial charge on any atom is -0.392 e. The first-order valence-corrected chi connectivity index (χ1v) is 20.9. The van der Waals surface area contributed by atoms with E-state index in [0.717, 1.165) is 86.0 Å². The molecule has 2 amide bonds. The molecule has 7 nitrogen and oxygen atoms in total. The fourth-order valence-electron chi connectivity index (χ4n) is 9.80. The number of fused-ring (bicyclic) bond motifs is 1. The van der Waals surface area contributed by atoms with Gasteiger partial charge in [-0.3, -0.25) is 0 Å². The van der Waals surface area contributed by atoms with Gasteiger partial charge in [-0.15, -0.1) is 11.3 Å². The Morgan fingerprint density at radius 1 is 0.849 bits per heavy atom. The van der Waals surface area contributed by atoms with E-state index in [4.69, 9.17) is 14.5 Å². The SMILES string of the molecule is CC1C(CSc2nc3ccccc3s2)OC(c2ccc(-c3cccc(CNC(=O)NC45CC6CC(CC(C6)C4)C5)c3)cc2)OC1c1ccc(CO)cc1. The number of ether oxygens (including phenoxy) is 2. The van der Waals surface area contributed by atoms with Gasteiger partial charge in [0.1, 0.15) is 0 Å². The molecule has 5 fully saturated rings. The smallest absolute Gasteiger partial charge is 0.315 e. The zero-order chi connectivity index (χ0) is 35.9. The Morgan fingerprint density at radius 3 is 2.28 bits per heavy atom. The molecule has 4 saturated carbocycles. The summed E-state index contributed by atoms with van der Waals surface area (Å²) < 4.78 is 15.7. The number of hydrogen-bond acceptors (Lipinski definition) is 7. The fraction of sp³-hybridized carbons (Fsp3) is 0.409. The predicted molar refractivity (Wildman–Crippen MR) is 211 cm³/mol. The molecule has 1 aromatic heterocycles. The second-order valence-corrected chi connectivity index (χ2v) is 18.2. The first-order valence-electron chi connectivity index (χ1n) is 19.1. The predicted octanol–water partition coefficient (Wildman–Crippen LogP) is 9.81. The first kappa shape index (κ1) is 35.0. The number of hydrogen-bond donors (Lipinski definition) is 3. The summed E-state index contributed by atoms with van der Waals surface area (Å²) >= 11 is 3.46. The van der Waals surface area contributed by atoms with E-state index in [1.165, 1.54) is 24.0 Å². The highest BCUT2D eigenvalue weighted by Crippen LogP contribution is 2.55. The van der Waals surface area contributed by atoms with E-state index in [1.807, 2.05) is 18.2 Å². The number of aromatic nitrogens is 1. The van der Waals surface area contributed by atoms with Crippen LogP contribution in [0.2, 0.25) is 0 Å². The molecule has 4 bridgehead atoms. The van der Waals surface area contributed by atoms with Crippen LogP contribution in [-0.4, -0.2) is 33.5 Å². The molecule has 53 heavy (non-hydrogen) atoms. The van der Waals surface area contributed by atoms with Crippen LogP contribution in [0.3, 0.4) is 0 Å². The summed E-state index contributed by atoms with van der Waals surface area (Å²) in [6, 6.07) is 33.1. The number of benzene rings is 4. The van der Waals surface area contributed by atoms with Crippen molar-refractivity contribution in [1.82, 2.24) is 15.6 Å². The number of carbonyl (C=O) groups is 1. The van der Waals surface area contributed by atoms with Crippen molar-refractivity contribution < 1.29 is 19.4 Å². The van der Waals surface area contributed by atoms with Crippen molar-refractivity contribution >= 4 is 39.3 Å². The number of carbonyl (C=O) groups excluding carboxylic acids is 1. The third-order valence-corrected chi connectivity index (χ3v) is 14.3. The molecule has 9 heteroatoms. The average molecular weight is 746 g/mol. The van der Waals surface area contributed by atoms with E-state index in [0.29, 0.717) is 6.54 Å². The molecule has 274 valence electrons. The van der Waals surface area contributed by atoms with Crippen molar-refractivity contribution in [1.29, 1.82) is 0 Å². The maximum Gasteiger partial charge on any atom is 0.315 e. The quantitative estimate of drug-likeness (QED) is 0.123. The van der Waals surface area contributed by atoms with Gasteiger partial charge < -0.3 is 25.2 Å². The molecule has 0 radical (unpaired) electrons. The molecular formula is C44H47N3O4S2. The van der Waals surface area contributed by atoms with Gasteiger partial charge in [-0.1, -0.05) is 97.5 Å². The number of rotatable bonds is 10. The summed E-state index contributed by atoms with van der Waals surface area (Å²) in [4.78, 5) is 18.0. The number of thioether (sulfide) groups is 1. The van der Waals surface area contributed by atoms with Gasteiger partial charge in [-0.05, 0) is 102 Å². The summed E-state index contributed by atoms with van der Waals surface area (Å²) in [6.45, 7) is 2.70. The van der Waals surface area contributed by atoms with Crippen LogP contribution in [0.15, 0.2) is 101 Å². The fourth-order valence-corrected chi connectivity index (χ4v) is 12.1. The second kappa shape index (κ2) is 14.8. The summed E-state index contributed by atoms with van der Waals surface area (Å²) in [5.41, 5.74) is 7.22. The van der Waals surface area contributed by atoms with Crippen molar-refractivity contribution in [3.8, 4) is 11.1 Å². The molecule has 10 rings (SSSR count). The Kier molecular flexibility index (Phi) is 9.80. The maximum atomic E-state index is 13.1. The molecule has 1 aliphatic heterocycles. The van der Waals surface area contributed by atoms with Crippen molar-refractivity contribution in [3.63, 3.8) is 0 Å². The topological polar surface area (TPSA) is 92.7 Å². The van der Waals surface area contributed by atoms with E-state index in [-0.39, 0.29) is 36.3 Å². The average Bonchev–Trinajstić information content (AvgIpc) is 3.59. The summed E-state index contributed by atoms with van der Waals surface area (Å²) in [5.74, 6) is 3.24. The zero-order valence-corrected chi connectivity index (χ0v) is 31.7. The Morgan fingerprint density at radius 2 is 1.57 bits per heavy atom. The molecule has 3 N–H and O–H groups in total. The van der Waals surface area contributed by atoms with Gasteiger partial charge in [0.05, 0.1) is 29.0 Å². The molecule has 4 aliphatic carbocycles. The van der Waals surface area contributed by atoms with Gasteiger partial charge in [0.25, 0.3) is 0 Å². The molecule has 5 aliphatic rings. The zero-order valence-electron chi connectivity index (χ0n) is 30.1. The molecular weight excluding hydrogens is 699 g/mol. The summed E-state index contributed by atoms with van der Waals surface area (Å²) in [7, 11) is 0. The molecule has 5 aromatic rings. The summed E-state index contributed by atoms with van der Waals surface area (Å²) in [5, 5.41) is 16.2. The van der Waals surface area contributed by atoms with Gasteiger partial charge in [0.15, 0.2) is 10.6 Å². The number of nitrogens with zero attached hydrogens (tertiary/aromatic N) is 1. The Hall–Kier alpha value is -3.73. The van der Waals surface area contributed by atoms with Crippen molar-refractivity contribution in [2.24, 2.45) is 23.7 Å². The lowest BCUT2D eigenvalue weighted by molar-refractivity contribution is -0.268. The minimum atomic E-state index is -0.535. The number of thiazole rings is 1. The molecule has 2 heterocycles. The lowest BCUT2D eigenvalue weighted by Crippen LogP contribution is -2.61. The highest BCUT2D eigenvalue weighted by atomic mass is 32.2.